The highest BCUT2D eigenvalue weighted by Crippen LogP contribution is 1.89. The van der Waals surface area contributed by atoms with Gasteiger partial charge < -0.3 is 15.0 Å². The molecule has 15 heavy (non-hydrogen) atoms. The third-order valence-corrected chi connectivity index (χ3v) is 2.00. The number of rotatable bonds is 6. The van der Waals surface area contributed by atoms with Crippen molar-refractivity contribution in [2.45, 2.75) is 13.5 Å². The van der Waals surface area contributed by atoms with Crippen LogP contribution in [0.25, 0.3) is 0 Å². The minimum atomic E-state index is -0.869. The lowest BCUT2D eigenvalue weighted by Crippen LogP contribution is -2.20. The Morgan fingerprint density at radius 2 is 2.47 bits per heavy atom. The first kappa shape index (κ1) is 11.5. The Bertz CT molecular complexity index is 330. The lowest BCUT2D eigenvalue weighted by Gasteiger charge is -2.02. The van der Waals surface area contributed by atoms with Crippen molar-refractivity contribution < 1.29 is 9.90 Å². The van der Waals surface area contributed by atoms with Gasteiger partial charge in [0, 0.05) is 37.6 Å². The summed E-state index contributed by atoms with van der Waals surface area (Å²) in [6.45, 7) is 3.78. The van der Waals surface area contributed by atoms with E-state index >= 15 is 0 Å². The number of nitrogens with one attached hydrogen (secondary N) is 1. The first-order valence-electron chi connectivity index (χ1n) is 4.76. The van der Waals surface area contributed by atoms with Crippen LogP contribution in [0.5, 0.6) is 0 Å². The second-order valence-electron chi connectivity index (χ2n) is 3.20. The standard InChI is InChI=1S/C10H15N3O2/c1-9(10(14)15)2-3-11-4-6-13-7-5-12-8-13/h2,5,7-8,11H,3-4,6H2,1H3,(H,14,15)/b9-2-. The SMILES string of the molecule is C/C(=C/CNCCn1ccnc1)C(=O)O. The van der Waals surface area contributed by atoms with Crippen LogP contribution in [0, 0.1) is 0 Å². The number of hydrogen-bond donors (Lipinski definition) is 2. The van der Waals surface area contributed by atoms with E-state index in [-0.39, 0.29) is 0 Å². The van der Waals surface area contributed by atoms with Crippen LogP contribution in [0.4, 0.5) is 0 Å². The molecule has 0 spiro atoms. The number of nitrogens with zero attached hydrogens (tertiary/aromatic N) is 2. The molecule has 0 aromatic carbocycles. The molecule has 1 aromatic heterocycles. The Balaban J connectivity index is 2.12. The first-order chi connectivity index (χ1) is 7.20. The quantitative estimate of drug-likeness (QED) is 0.529. The molecule has 0 saturated carbocycles. The third kappa shape index (κ3) is 4.42. The van der Waals surface area contributed by atoms with Crippen molar-refractivity contribution >= 4 is 5.97 Å². The number of carboxylic acid groups (broad SMARTS) is 1. The van der Waals surface area contributed by atoms with Gasteiger partial charge in [-0.25, -0.2) is 9.78 Å². The predicted molar refractivity (Wildman–Crippen MR) is 56.5 cm³/mol. The van der Waals surface area contributed by atoms with Gasteiger partial charge in [-0.05, 0) is 6.92 Å². The molecule has 2 N–H and O–H groups in total. The van der Waals surface area contributed by atoms with E-state index < -0.39 is 5.97 Å². The normalized spacial score (nSPS) is 11.7. The fraction of sp³-hybridized carbons (Fsp3) is 0.400. The molecule has 0 bridgehead atoms. The molecule has 5 nitrogen and oxygen atoms in total. The molecule has 0 saturated heterocycles. The molecule has 0 radical (unpaired) electrons. The molecule has 0 fully saturated rings. The summed E-state index contributed by atoms with van der Waals surface area (Å²) in [5, 5.41) is 11.7. The highest BCUT2D eigenvalue weighted by molar-refractivity contribution is 5.85. The van der Waals surface area contributed by atoms with Crippen molar-refractivity contribution in [3.63, 3.8) is 0 Å². The molecule has 0 aliphatic heterocycles. The van der Waals surface area contributed by atoms with Crippen LogP contribution >= 0.6 is 0 Å². The Hall–Kier alpha value is -1.62. The molecule has 1 aromatic rings. The maximum Gasteiger partial charge on any atom is 0.330 e. The van der Waals surface area contributed by atoms with E-state index in [0.29, 0.717) is 12.1 Å². The van der Waals surface area contributed by atoms with Crippen LogP contribution < -0.4 is 5.32 Å². The summed E-state index contributed by atoms with van der Waals surface area (Å²) in [7, 11) is 0. The number of carbonyl (C=O) groups is 1. The lowest BCUT2D eigenvalue weighted by atomic mass is 10.3. The van der Waals surface area contributed by atoms with Gasteiger partial charge in [-0.15, -0.1) is 0 Å². The summed E-state index contributed by atoms with van der Waals surface area (Å²) in [5.74, 6) is -0.869. The predicted octanol–water partition coefficient (Wildman–Crippen LogP) is 0.504. The lowest BCUT2D eigenvalue weighted by molar-refractivity contribution is -0.132. The number of carboxylic acids is 1. The Labute approximate surface area is 88.4 Å². The van der Waals surface area contributed by atoms with Gasteiger partial charge in [0.25, 0.3) is 0 Å². The molecule has 0 atom stereocenters. The minimum absolute atomic E-state index is 0.366. The first-order valence-corrected chi connectivity index (χ1v) is 4.76. The van der Waals surface area contributed by atoms with Gasteiger partial charge in [0.05, 0.1) is 6.33 Å². The summed E-state index contributed by atoms with van der Waals surface area (Å²) in [5.41, 5.74) is 0.366. The summed E-state index contributed by atoms with van der Waals surface area (Å²) in [6.07, 6.45) is 7.03. The zero-order valence-corrected chi connectivity index (χ0v) is 8.68. The molecule has 0 aliphatic rings. The van der Waals surface area contributed by atoms with Gasteiger partial charge in [0.2, 0.25) is 0 Å². The monoisotopic (exact) mass is 209 g/mol. The molecule has 0 unspecified atom stereocenters. The zero-order valence-electron chi connectivity index (χ0n) is 8.68. The summed E-state index contributed by atoms with van der Waals surface area (Å²) < 4.78 is 1.96. The molecule has 82 valence electrons. The van der Waals surface area contributed by atoms with Gasteiger partial charge in [-0.2, -0.15) is 0 Å². The second kappa shape index (κ2) is 5.98. The van der Waals surface area contributed by atoms with E-state index in [1.54, 1.807) is 25.5 Å². The highest BCUT2D eigenvalue weighted by Gasteiger charge is 1.97. The average Bonchev–Trinajstić information content (AvgIpc) is 2.69. The van der Waals surface area contributed by atoms with Gasteiger partial charge in [0.15, 0.2) is 0 Å². The van der Waals surface area contributed by atoms with Crippen LogP contribution in [0.1, 0.15) is 6.92 Å². The fourth-order valence-corrected chi connectivity index (χ4v) is 1.04. The number of hydrogen-bond acceptors (Lipinski definition) is 3. The average molecular weight is 209 g/mol. The largest absolute Gasteiger partial charge is 0.478 e. The molecule has 1 heterocycles. The summed E-state index contributed by atoms with van der Waals surface area (Å²) in [4.78, 5) is 14.4. The Morgan fingerprint density at radius 1 is 1.67 bits per heavy atom. The number of aliphatic carboxylic acids is 1. The Kier molecular flexibility index (Phi) is 4.56. The van der Waals surface area contributed by atoms with Crippen LogP contribution in [-0.4, -0.2) is 33.7 Å². The van der Waals surface area contributed by atoms with E-state index in [0.717, 1.165) is 13.1 Å². The van der Waals surface area contributed by atoms with E-state index in [4.69, 9.17) is 5.11 Å². The van der Waals surface area contributed by atoms with Gasteiger partial charge >= 0.3 is 5.97 Å². The van der Waals surface area contributed by atoms with E-state index in [1.807, 2.05) is 10.8 Å². The highest BCUT2D eigenvalue weighted by atomic mass is 16.4. The topological polar surface area (TPSA) is 67.2 Å². The van der Waals surface area contributed by atoms with Crippen molar-refractivity contribution in [2.75, 3.05) is 13.1 Å². The summed E-state index contributed by atoms with van der Waals surface area (Å²) >= 11 is 0. The van der Waals surface area contributed by atoms with Crippen molar-refractivity contribution in [3.8, 4) is 0 Å². The minimum Gasteiger partial charge on any atom is -0.478 e. The van der Waals surface area contributed by atoms with Crippen molar-refractivity contribution in [2.24, 2.45) is 0 Å². The van der Waals surface area contributed by atoms with Crippen LogP contribution in [0.15, 0.2) is 30.4 Å². The van der Waals surface area contributed by atoms with Gasteiger partial charge in [0.1, 0.15) is 0 Å². The number of aromatic nitrogens is 2. The van der Waals surface area contributed by atoms with E-state index in [2.05, 4.69) is 10.3 Å². The Morgan fingerprint density at radius 3 is 3.07 bits per heavy atom. The van der Waals surface area contributed by atoms with E-state index in [1.165, 1.54) is 0 Å². The summed E-state index contributed by atoms with van der Waals surface area (Å²) in [6, 6.07) is 0. The van der Waals surface area contributed by atoms with Crippen molar-refractivity contribution in [1.82, 2.24) is 14.9 Å². The van der Waals surface area contributed by atoms with E-state index in [9.17, 15) is 4.79 Å². The smallest absolute Gasteiger partial charge is 0.330 e. The molecular formula is C10H15N3O2. The maximum atomic E-state index is 10.4. The maximum absolute atomic E-state index is 10.4. The van der Waals surface area contributed by atoms with Gasteiger partial charge in [-0.1, -0.05) is 6.08 Å². The van der Waals surface area contributed by atoms with Crippen LogP contribution in [-0.2, 0) is 11.3 Å². The van der Waals surface area contributed by atoms with Crippen LogP contribution in [0.3, 0.4) is 0 Å². The van der Waals surface area contributed by atoms with Crippen molar-refractivity contribution in [1.29, 1.82) is 0 Å². The molecule has 5 heteroatoms. The zero-order chi connectivity index (χ0) is 11.1. The fourth-order valence-electron chi connectivity index (χ4n) is 1.04. The molecule has 1 rings (SSSR count). The van der Waals surface area contributed by atoms with Crippen LogP contribution in [0.2, 0.25) is 0 Å². The van der Waals surface area contributed by atoms with Crippen molar-refractivity contribution in [3.05, 3.63) is 30.4 Å². The third-order valence-electron chi connectivity index (χ3n) is 2.00. The molecule has 0 aliphatic carbocycles. The number of imidazole rings is 1. The molecule has 0 amide bonds. The molecular weight excluding hydrogens is 194 g/mol. The second-order valence-corrected chi connectivity index (χ2v) is 3.20. The van der Waals surface area contributed by atoms with Gasteiger partial charge in [-0.3, -0.25) is 0 Å².